The van der Waals surface area contributed by atoms with Crippen molar-refractivity contribution in [1.29, 1.82) is 0 Å². The van der Waals surface area contributed by atoms with Crippen LogP contribution in [0, 0.1) is 13.8 Å². The number of fused-ring (bicyclic) bond motifs is 1. The molecule has 0 unspecified atom stereocenters. The van der Waals surface area contributed by atoms with Gasteiger partial charge >= 0.3 is 11.6 Å². The summed E-state index contributed by atoms with van der Waals surface area (Å²) in [6, 6.07) is 6.13. The minimum absolute atomic E-state index is 0.0513. The fourth-order valence-electron chi connectivity index (χ4n) is 2.96. The van der Waals surface area contributed by atoms with Gasteiger partial charge in [0, 0.05) is 28.8 Å². The summed E-state index contributed by atoms with van der Waals surface area (Å²) < 4.78 is 10.5. The lowest BCUT2D eigenvalue weighted by Gasteiger charge is -2.11. The van der Waals surface area contributed by atoms with Crippen molar-refractivity contribution in [3.05, 3.63) is 67.8 Å². The standard InChI is InChI=1S/C20H18ClNO5/c1-4-12-6-14-13(7-17(24)27-16(14)8-15(12)23)9-26-20(25)18-10(2)5-11(3)22-19(18)21/h5-8,23H,4,9H2,1-3H3. The molecule has 0 saturated carbocycles. The van der Waals surface area contributed by atoms with Crippen LogP contribution in [-0.2, 0) is 17.8 Å². The number of pyridine rings is 1. The molecule has 1 N–H and O–H groups in total. The molecule has 140 valence electrons. The summed E-state index contributed by atoms with van der Waals surface area (Å²) in [7, 11) is 0. The lowest BCUT2D eigenvalue weighted by Crippen LogP contribution is -2.11. The molecule has 0 amide bonds. The third kappa shape index (κ3) is 3.80. The predicted octanol–water partition coefficient (Wildman–Crippen LogP) is 4.08. The summed E-state index contributed by atoms with van der Waals surface area (Å²) in [6.45, 7) is 5.29. The van der Waals surface area contributed by atoms with Crippen LogP contribution in [0.2, 0.25) is 5.15 Å². The number of carbonyl (C=O) groups is 1. The number of carbonyl (C=O) groups excluding carboxylic acids is 1. The van der Waals surface area contributed by atoms with Crippen molar-refractivity contribution in [3.8, 4) is 5.75 Å². The Morgan fingerprint density at radius 3 is 2.63 bits per heavy atom. The average Bonchev–Trinajstić information content (AvgIpc) is 2.58. The second-order valence-corrected chi connectivity index (χ2v) is 6.60. The van der Waals surface area contributed by atoms with Crippen LogP contribution >= 0.6 is 11.6 Å². The first-order valence-corrected chi connectivity index (χ1v) is 8.77. The highest BCUT2D eigenvalue weighted by atomic mass is 35.5. The number of rotatable bonds is 4. The molecule has 6 nitrogen and oxygen atoms in total. The van der Waals surface area contributed by atoms with Crippen LogP contribution in [0.15, 0.2) is 33.5 Å². The lowest BCUT2D eigenvalue weighted by atomic mass is 10.0. The van der Waals surface area contributed by atoms with Crippen molar-refractivity contribution < 1.29 is 19.1 Å². The number of halogens is 1. The third-order valence-electron chi connectivity index (χ3n) is 4.27. The number of phenols is 1. The Labute approximate surface area is 160 Å². The van der Waals surface area contributed by atoms with Gasteiger partial charge in [0.05, 0.1) is 5.56 Å². The number of benzene rings is 1. The Kier molecular flexibility index (Phi) is 5.19. The zero-order valence-corrected chi connectivity index (χ0v) is 15.9. The Bertz CT molecular complexity index is 1080. The lowest BCUT2D eigenvalue weighted by molar-refractivity contribution is 0.0472. The van der Waals surface area contributed by atoms with Gasteiger partial charge in [-0.05, 0) is 43.5 Å². The molecule has 2 aromatic heterocycles. The zero-order chi connectivity index (χ0) is 19.7. The maximum Gasteiger partial charge on any atom is 0.341 e. The van der Waals surface area contributed by atoms with Crippen LogP contribution < -0.4 is 5.63 Å². The van der Waals surface area contributed by atoms with Crippen molar-refractivity contribution in [3.63, 3.8) is 0 Å². The predicted molar refractivity (Wildman–Crippen MR) is 101 cm³/mol. The van der Waals surface area contributed by atoms with E-state index in [1.807, 2.05) is 6.92 Å². The van der Waals surface area contributed by atoms with E-state index < -0.39 is 11.6 Å². The molecular formula is C20H18ClNO5. The molecule has 0 aliphatic heterocycles. The summed E-state index contributed by atoms with van der Waals surface area (Å²) in [5, 5.41) is 10.6. The zero-order valence-electron chi connectivity index (χ0n) is 15.1. The van der Waals surface area contributed by atoms with E-state index in [4.69, 9.17) is 20.8 Å². The smallest absolute Gasteiger partial charge is 0.341 e. The van der Waals surface area contributed by atoms with Gasteiger partial charge in [-0.1, -0.05) is 18.5 Å². The molecule has 0 spiro atoms. The molecule has 0 radical (unpaired) electrons. The number of hydrogen-bond acceptors (Lipinski definition) is 6. The third-order valence-corrected chi connectivity index (χ3v) is 4.55. The van der Waals surface area contributed by atoms with Crippen molar-refractivity contribution in [1.82, 2.24) is 4.98 Å². The van der Waals surface area contributed by atoms with E-state index in [0.29, 0.717) is 34.2 Å². The minimum atomic E-state index is -0.624. The SMILES string of the molecule is CCc1cc2c(COC(=O)c3c(C)cc(C)nc3Cl)cc(=O)oc2cc1O. The summed E-state index contributed by atoms with van der Waals surface area (Å²) >= 11 is 6.08. The maximum atomic E-state index is 12.5. The first kappa shape index (κ1) is 18.9. The molecule has 2 heterocycles. The van der Waals surface area contributed by atoms with Crippen LogP contribution in [-0.4, -0.2) is 16.1 Å². The van der Waals surface area contributed by atoms with Gasteiger partial charge in [0.2, 0.25) is 0 Å². The van der Waals surface area contributed by atoms with E-state index in [1.165, 1.54) is 12.1 Å². The molecule has 0 aliphatic rings. The highest BCUT2D eigenvalue weighted by Gasteiger charge is 2.18. The molecule has 3 rings (SSSR count). The molecule has 0 aliphatic carbocycles. The summed E-state index contributed by atoms with van der Waals surface area (Å²) in [6.07, 6.45) is 0.601. The Hall–Kier alpha value is -2.86. The highest BCUT2D eigenvalue weighted by molar-refractivity contribution is 6.32. The topological polar surface area (TPSA) is 89.6 Å². The van der Waals surface area contributed by atoms with E-state index in [1.54, 1.807) is 26.0 Å². The fourth-order valence-corrected chi connectivity index (χ4v) is 3.32. The highest BCUT2D eigenvalue weighted by Crippen LogP contribution is 2.28. The van der Waals surface area contributed by atoms with Crippen LogP contribution in [0.4, 0.5) is 0 Å². The van der Waals surface area contributed by atoms with E-state index in [-0.39, 0.29) is 28.7 Å². The molecule has 27 heavy (non-hydrogen) atoms. The van der Waals surface area contributed by atoms with Gasteiger partial charge in [-0.3, -0.25) is 0 Å². The molecule has 3 aromatic rings. The molecule has 1 aromatic carbocycles. The quantitative estimate of drug-likeness (QED) is 0.412. The number of esters is 1. The first-order valence-electron chi connectivity index (χ1n) is 8.39. The Morgan fingerprint density at radius 1 is 1.22 bits per heavy atom. The van der Waals surface area contributed by atoms with E-state index in [2.05, 4.69) is 4.98 Å². The van der Waals surface area contributed by atoms with Crippen molar-refractivity contribution in [2.45, 2.75) is 33.8 Å². The van der Waals surface area contributed by atoms with Gasteiger partial charge in [0.25, 0.3) is 0 Å². The van der Waals surface area contributed by atoms with Gasteiger partial charge in [-0.2, -0.15) is 0 Å². The first-order chi connectivity index (χ1) is 12.8. The number of phenolic OH excluding ortho intramolecular Hbond substituents is 1. The van der Waals surface area contributed by atoms with Crippen LogP contribution in [0.25, 0.3) is 11.0 Å². The second-order valence-electron chi connectivity index (χ2n) is 6.24. The van der Waals surface area contributed by atoms with E-state index in [0.717, 1.165) is 0 Å². The molecule has 0 bridgehead atoms. The number of aromatic nitrogens is 1. The number of hydrogen-bond donors (Lipinski definition) is 1. The van der Waals surface area contributed by atoms with Crippen LogP contribution in [0.3, 0.4) is 0 Å². The van der Waals surface area contributed by atoms with E-state index in [9.17, 15) is 14.7 Å². The summed E-state index contributed by atoms with van der Waals surface area (Å²) in [4.78, 5) is 28.4. The molecular weight excluding hydrogens is 370 g/mol. The van der Waals surface area contributed by atoms with Gasteiger partial charge in [0.15, 0.2) is 0 Å². The van der Waals surface area contributed by atoms with Crippen molar-refractivity contribution in [2.24, 2.45) is 0 Å². The Balaban J connectivity index is 1.95. The maximum absolute atomic E-state index is 12.5. The number of aromatic hydroxyl groups is 1. The number of aryl methyl sites for hydroxylation is 3. The van der Waals surface area contributed by atoms with Gasteiger partial charge in [-0.25, -0.2) is 14.6 Å². The van der Waals surface area contributed by atoms with Gasteiger partial charge in [0.1, 0.15) is 23.1 Å². The van der Waals surface area contributed by atoms with E-state index >= 15 is 0 Å². The largest absolute Gasteiger partial charge is 0.508 e. The molecule has 0 saturated heterocycles. The van der Waals surface area contributed by atoms with Gasteiger partial charge < -0.3 is 14.3 Å². The molecule has 0 fully saturated rings. The average molecular weight is 388 g/mol. The number of ether oxygens (including phenoxy) is 1. The monoisotopic (exact) mass is 387 g/mol. The molecule has 0 atom stereocenters. The summed E-state index contributed by atoms with van der Waals surface area (Å²) in [5.41, 5.74) is 2.38. The Morgan fingerprint density at radius 2 is 1.96 bits per heavy atom. The van der Waals surface area contributed by atoms with Crippen LogP contribution in [0.1, 0.15) is 39.7 Å². The molecule has 7 heteroatoms. The number of nitrogens with zero attached hydrogens (tertiary/aromatic N) is 1. The van der Waals surface area contributed by atoms with Gasteiger partial charge in [-0.15, -0.1) is 0 Å². The summed E-state index contributed by atoms with van der Waals surface area (Å²) in [5.74, 6) is -0.573. The fraction of sp³-hybridized carbons (Fsp3) is 0.250. The van der Waals surface area contributed by atoms with Crippen molar-refractivity contribution >= 4 is 28.5 Å². The second kappa shape index (κ2) is 7.40. The normalized spacial score (nSPS) is 11.0. The van der Waals surface area contributed by atoms with Crippen LogP contribution in [0.5, 0.6) is 5.75 Å². The minimum Gasteiger partial charge on any atom is -0.508 e. The van der Waals surface area contributed by atoms with Crippen molar-refractivity contribution in [2.75, 3.05) is 0 Å².